The Morgan fingerprint density at radius 1 is 1.08 bits per heavy atom. The molecular formula is C20H25Cl2N3O+2. The molecule has 1 fully saturated rings. The zero-order valence-electron chi connectivity index (χ0n) is 14.9. The minimum absolute atomic E-state index is 0.0179. The molecule has 2 aromatic rings. The number of quaternary nitrogens is 2. The maximum atomic E-state index is 12.6. The van der Waals surface area contributed by atoms with E-state index in [0.717, 1.165) is 32.7 Å². The topological polar surface area (TPSA) is 38.0 Å². The minimum atomic E-state index is -0.122. The van der Waals surface area contributed by atoms with Crippen molar-refractivity contribution in [2.45, 2.75) is 19.5 Å². The first-order chi connectivity index (χ1) is 12.5. The molecule has 4 nitrogen and oxygen atoms in total. The van der Waals surface area contributed by atoms with Crippen LogP contribution in [0.3, 0.4) is 0 Å². The lowest BCUT2D eigenvalue weighted by Crippen LogP contribution is -3.29. The van der Waals surface area contributed by atoms with Gasteiger partial charge in [0.15, 0.2) is 6.04 Å². The van der Waals surface area contributed by atoms with Crippen molar-refractivity contribution in [2.24, 2.45) is 0 Å². The summed E-state index contributed by atoms with van der Waals surface area (Å²) in [5.41, 5.74) is 1.94. The Balaban J connectivity index is 1.52. The van der Waals surface area contributed by atoms with Crippen LogP contribution in [0.5, 0.6) is 0 Å². The summed E-state index contributed by atoms with van der Waals surface area (Å²) in [6.07, 6.45) is 0. The number of rotatable bonds is 5. The lowest BCUT2D eigenvalue weighted by atomic mass is 10.1. The molecule has 1 saturated heterocycles. The second-order valence-electron chi connectivity index (χ2n) is 6.91. The van der Waals surface area contributed by atoms with Crippen LogP contribution in [0.2, 0.25) is 10.0 Å². The van der Waals surface area contributed by atoms with Crippen LogP contribution in [0.4, 0.5) is 5.69 Å². The molecule has 0 radical (unpaired) electrons. The van der Waals surface area contributed by atoms with E-state index in [1.807, 2.05) is 13.0 Å². The Kier molecular flexibility index (Phi) is 6.54. The third kappa shape index (κ3) is 4.98. The summed E-state index contributed by atoms with van der Waals surface area (Å²) in [6, 6.07) is 15.6. The van der Waals surface area contributed by atoms with Crippen molar-refractivity contribution in [3.05, 3.63) is 64.1 Å². The molecule has 0 aromatic heterocycles. The Labute approximate surface area is 164 Å². The van der Waals surface area contributed by atoms with Crippen molar-refractivity contribution in [3.63, 3.8) is 0 Å². The number of halogens is 2. The molecule has 0 bridgehead atoms. The van der Waals surface area contributed by atoms with Gasteiger partial charge in [0.05, 0.1) is 10.7 Å². The van der Waals surface area contributed by atoms with Crippen molar-refractivity contribution >= 4 is 34.8 Å². The third-order valence-electron chi connectivity index (χ3n) is 5.09. The maximum Gasteiger partial charge on any atom is 0.282 e. The largest absolute Gasteiger partial charge is 0.322 e. The molecule has 6 heteroatoms. The number of hydrogen-bond acceptors (Lipinski definition) is 1. The van der Waals surface area contributed by atoms with Gasteiger partial charge in [-0.15, -0.1) is 0 Å². The van der Waals surface area contributed by atoms with E-state index in [2.05, 4.69) is 29.6 Å². The molecule has 3 rings (SSSR count). The smallest absolute Gasteiger partial charge is 0.282 e. The standard InChI is InChI=1S/C20H23Cl2N3O/c1-15(20(26)23-19-13-17(21)7-8-18(19)22)25-11-9-24(10-12-25)14-16-5-3-2-4-6-16/h2-8,13,15H,9-12,14H2,1H3,(H,23,26)/p+2/t15-/m1/s1. The Hall–Kier alpha value is -1.59. The van der Waals surface area contributed by atoms with Crippen molar-refractivity contribution in [1.82, 2.24) is 0 Å². The number of carbonyl (C=O) groups excluding carboxylic acids is 1. The zero-order chi connectivity index (χ0) is 18.5. The SMILES string of the molecule is C[C@H](C(=O)Nc1cc(Cl)ccc1Cl)[NH+]1CC[NH+](Cc2ccccc2)CC1. The van der Waals surface area contributed by atoms with Crippen molar-refractivity contribution < 1.29 is 14.6 Å². The number of amides is 1. The highest BCUT2D eigenvalue weighted by Gasteiger charge is 2.31. The van der Waals surface area contributed by atoms with Gasteiger partial charge in [-0.25, -0.2) is 0 Å². The van der Waals surface area contributed by atoms with Gasteiger partial charge in [-0.05, 0) is 25.1 Å². The fourth-order valence-corrected chi connectivity index (χ4v) is 3.78. The Bertz CT molecular complexity index is 746. The molecule has 138 valence electrons. The quantitative estimate of drug-likeness (QED) is 0.703. The molecule has 0 spiro atoms. The van der Waals surface area contributed by atoms with Gasteiger partial charge in [-0.1, -0.05) is 53.5 Å². The number of carbonyl (C=O) groups is 1. The van der Waals surface area contributed by atoms with Gasteiger partial charge in [0.2, 0.25) is 0 Å². The molecule has 0 unspecified atom stereocenters. The van der Waals surface area contributed by atoms with Gasteiger partial charge < -0.3 is 15.1 Å². The summed E-state index contributed by atoms with van der Waals surface area (Å²) in [5.74, 6) is -0.0179. The number of anilines is 1. The summed E-state index contributed by atoms with van der Waals surface area (Å²) < 4.78 is 0. The lowest BCUT2D eigenvalue weighted by Gasteiger charge is -2.32. The van der Waals surface area contributed by atoms with Crippen LogP contribution < -0.4 is 15.1 Å². The molecule has 3 N–H and O–H groups in total. The molecule has 2 aromatic carbocycles. The zero-order valence-corrected chi connectivity index (χ0v) is 16.4. The highest BCUT2D eigenvalue weighted by atomic mass is 35.5. The van der Waals surface area contributed by atoms with Gasteiger partial charge in [0.1, 0.15) is 32.7 Å². The Morgan fingerprint density at radius 3 is 2.46 bits per heavy atom. The van der Waals surface area contributed by atoms with E-state index in [1.54, 1.807) is 23.1 Å². The lowest BCUT2D eigenvalue weighted by molar-refractivity contribution is -1.02. The van der Waals surface area contributed by atoms with E-state index in [-0.39, 0.29) is 11.9 Å². The van der Waals surface area contributed by atoms with E-state index in [9.17, 15) is 4.79 Å². The molecule has 1 aliphatic rings. The molecule has 0 saturated carbocycles. The first-order valence-corrected chi connectivity index (χ1v) is 9.76. The number of hydrogen-bond donors (Lipinski definition) is 3. The molecule has 26 heavy (non-hydrogen) atoms. The summed E-state index contributed by atoms with van der Waals surface area (Å²) in [6.45, 7) is 7.14. The van der Waals surface area contributed by atoms with Gasteiger partial charge in [-0.2, -0.15) is 0 Å². The van der Waals surface area contributed by atoms with Crippen LogP contribution in [0.25, 0.3) is 0 Å². The van der Waals surface area contributed by atoms with Crippen molar-refractivity contribution in [3.8, 4) is 0 Å². The second-order valence-corrected chi connectivity index (χ2v) is 7.75. The molecular weight excluding hydrogens is 369 g/mol. The predicted octanol–water partition coefficient (Wildman–Crippen LogP) is 1.30. The fourth-order valence-electron chi connectivity index (χ4n) is 3.44. The van der Waals surface area contributed by atoms with E-state index < -0.39 is 0 Å². The van der Waals surface area contributed by atoms with Gasteiger partial charge >= 0.3 is 0 Å². The monoisotopic (exact) mass is 393 g/mol. The van der Waals surface area contributed by atoms with Gasteiger partial charge in [0.25, 0.3) is 5.91 Å². The van der Waals surface area contributed by atoms with Crippen LogP contribution in [0, 0.1) is 0 Å². The number of piperazine rings is 1. The highest BCUT2D eigenvalue weighted by molar-refractivity contribution is 6.35. The van der Waals surface area contributed by atoms with E-state index in [1.165, 1.54) is 10.5 Å². The van der Waals surface area contributed by atoms with E-state index >= 15 is 0 Å². The first kappa shape index (κ1) is 19.2. The molecule has 1 heterocycles. The molecule has 0 aliphatic carbocycles. The van der Waals surface area contributed by atoms with Crippen molar-refractivity contribution in [1.29, 1.82) is 0 Å². The summed E-state index contributed by atoms with van der Waals surface area (Å²) >= 11 is 12.1. The Morgan fingerprint density at radius 2 is 1.77 bits per heavy atom. The van der Waals surface area contributed by atoms with E-state index in [4.69, 9.17) is 23.2 Å². The van der Waals surface area contributed by atoms with Gasteiger partial charge in [-0.3, -0.25) is 4.79 Å². The average Bonchev–Trinajstić information content (AvgIpc) is 2.65. The molecule has 1 amide bonds. The third-order valence-corrected chi connectivity index (χ3v) is 5.65. The second kappa shape index (κ2) is 8.87. The maximum absolute atomic E-state index is 12.6. The summed E-state index contributed by atoms with van der Waals surface area (Å²) in [7, 11) is 0. The average molecular weight is 394 g/mol. The van der Waals surface area contributed by atoms with Crippen LogP contribution in [-0.2, 0) is 11.3 Å². The van der Waals surface area contributed by atoms with E-state index in [0.29, 0.717) is 15.7 Å². The predicted molar refractivity (Wildman–Crippen MR) is 106 cm³/mol. The van der Waals surface area contributed by atoms with Crippen LogP contribution in [0.15, 0.2) is 48.5 Å². The number of benzene rings is 2. The fraction of sp³-hybridized carbons (Fsp3) is 0.350. The first-order valence-electron chi connectivity index (χ1n) is 9.01. The van der Waals surface area contributed by atoms with Crippen LogP contribution >= 0.6 is 23.2 Å². The van der Waals surface area contributed by atoms with Crippen LogP contribution in [0.1, 0.15) is 12.5 Å². The molecule has 1 aliphatic heterocycles. The minimum Gasteiger partial charge on any atom is -0.322 e. The van der Waals surface area contributed by atoms with Gasteiger partial charge in [0, 0.05) is 10.6 Å². The normalized spacial score (nSPS) is 21.2. The summed E-state index contributed by atoms with van der Waals surface area (Å²) in [4.78, 5) is 15.5. The highest BCUT2D eigenvalue weighted by Crippen LogP contribution is 2.25. The van der Waals surface area contributed by atoms with Crippen molar-refractivity contribution in [2.75, 3.05) is 31.5 Å². The number of nitrogens with one attached hydrogen (secondary N) is 3. The van der Waals surface area contributed by atoms with Crippen LogP contribution in [-0.4, -0.2) is 38.1 Å². The molecule has 1 atom stereocenters. The summed E-state index contributed by atoms with van der Waals surface area (Å²) in [5, 5.41) is 3.98.